The zero-order valence-electron chi connectivity index (χ0n) is 19.4. The lowest BCUT2D eigenvalue weighted by Crippen LogP contribution is -2.44. The van der Waals surface area contributed by atoms with Crippen LogP contribution in [-0.2, 0) is 35.7 Å². The van der Waals surface area contributed by atoms with Crippen LogP contribution in [0, 0.1) is 6.92 Å². The Labute approximate surface area is 200 Å². The molecule has 0 N–H and O–H groups in total. The van der Waals surface area contributed by atoms with Gasteiger partial charge in [0.2, 0.25) is 5.91 Å². The third-order valence-electron chi connectivity index (χ3n) is 5.77. The highest BCUT2D eigenvalue weighted by molar-refractivity contribution is 7.10. The Hall–Kier alpha value is -3.50. The van der Waals surface area contributed by atoms with Crippen LogP contribution < -0.4 is 11.2 Å². The van der Waals surface area contributed by atoms with Crippen LogP contribution in [-0.4, -0.2) is 50.3 Å². The van der Waals surface area contributed by atoms with Crippen molar-refractivity contribution < 1.29 is 9.53 Å². The maximum Gasteiger partial charge on any atom is 0.333 e. The van der Waals surface area contributed by atoms with Crippen LogP contribution in [0.4, 0.5) is 0 Å². The van der Waals surface area contributed by atoms with Crippen LogP contribution in [0.5, 0.6) is 0 Å². The molecule has 9 nitrogen and oxygen atoms in total. The molecule has 0 unspecified atom stereocenters. The number of aromatic nitrogens is 4. The van der Waals surface area contributed by atoms with Crippen molar-refractivity contribution >= 4 is 28.4 Å². The molecule has 34 heavy (non-hydrogen) atoms. The topological polar surface area (TPSA) is 91.4 Å². The zero-order valence-corrected chi connectivity index (χ0v) is 20.2. The molecule has 0 spiro atoms. The minimum absolute atomic E-state index is 0.232. The lowest BCUT2D eigenvalue weighted by atomic mass is 10.2. The number of carbonyl (C=O) groups is 1. The molecule has 3 aromatic heterocycles. The average molecular weight is 482 g/mol. The summed E-state index contributed by atoms with van der Waals surface area (Å²) in [5, 5.41) is 1.98. The number of rotatable bonds is 9. The third-order valence-corrected chi connectivity index (χ3v) is 6.78. The first-order valence-corrected chi connectivity index (χ1v) is 11.8. The second kappa shape index (κ2) is 10.2. The van der Waals surface area contributed by atoms with Crippen molar-refractivity contribution in [1.29, 1.82) is 0 Å². The Bertz CT molecular complexity index is 1420. The van der Waals surface area contributed by atoms with Crippen molar-refractivity contribution in [1.82, 2.24) is 23.6 Å². The number of aryl methyl sites for hydroxylation is 1. The number of hydrogen-bond donors (Lipinski definition) is 0. The molecule has 0 saturated heterocycles. The van der Waals surface area contributed by atoms with Crippen molar-refractivity contribution in [2.75, 3.05) is 20.8 Å². The number of fused-ring (bicyclic) bond motifs is 1. The summed E-state index contributed by atoms with van der Waals surface area (Å²) in [5.74, 6) is -0.319. The summed E-state index contributed by atoms with van der Waals surface area (Å²) >= 11 is 1.57. The Morgan fingerprint density at radius 3 is 2.59 bits per heavy atom. The van der Waals surface area contributed by atoms with E-state index < -0.39 is 11.2 Å². The SMILES string of the molecule is COCCn1cnc2c1c(=O)n(CC(=O)N(C)Cc1sccc1C)c(=O)n2Cc1ccccc1. The monoisotopic (exact) mass is 481 g/mol. The second-order valence-electron chi connectivity index (χ2n) is 8.13. The van der Waals surface area contributed by atoms with E-state index in [9.17, 15) is 14.4 Å². The van der Waals surface area contributed by atoms with E-state index in [-0.39, 0.29) is 24.5 Å². The lowest BCUT2D eigenvalue weighted by molar-refractivity contribution is -0.131. The zero-order chi connectivity index (χ0) is 24.2. The highest BCUT2D eigenvalue weighted by Crippen LogP contribution is 2.17. The van der Waals surface area contributed by atoms with Gasteiger partial charge in [0.05, 0.1) is 26.0 Å². The lowest BCUT2D eigenvalue weighted by Gasteiger charge is -2.18. The van der Waals surface area contributed by atoms with Crippen LogP contribution in [0.15, 0.2) is 57.7 Å². The molecule has 0 fully saturated rings. The van der Waals surface area contributed by atoms with E-state index in [4.69, 9.17) is 4.74 Å². The molecule has 0 aliphatic heterocycles. The van der Waals surface area contributed by atoms with E-state index in [0.29, 0.717) is 25.3 Å². The Morgan fingerprint density at radius 2 is 1.91 bits per heavy atom. The molecule has 4 aromatic rings. The van der Waals surface area contributed by atoms with Gasteiger partial charge in [-0.1, -0.05) is 30.3 Å². The van der Waals surface area contributed by atoms with Gasteiger partial charge in [0.15, 0.2) is 11.2 Å². The van der Waals surface area contributed by atoms with E-state index in [1.807, 2.05) is 48.7 Å². The van der Waals surface area contributed by atoms with Crippen molar-refractivity contribution in [3.8, 4) is 0 Å². The molecular weight excluding hydrogens is 454 g/mol. The van der Waals surface area contributed by atoms with Gasteiger partial charge < -0.3 is 14.2 Å². The van der Waals surface area contributed by atoms with Gasteiger partial charge in [0.1, 0.15) is 6.54 Å². The van der Waals surface area contributed by atoms with Crippen LogP contribution in [0.1, 0.15) is 16.0 Å². The van der Waals surface area contributed by atoms with Crippen molar-refractivity contribution in [3.63, 3.8) is 0 Å². The standard InChI is InChI=1S/C24H27N5O4S/c1-17-9-12-34-19(17)14-26(2)20(30)15-29-23(31)21-22(25-16-27(21)10-11-33-3)28(24(29)32)13-18-7-5-4-6-8-18/h4-9,12,16H,10-11,13-15H2,1-3H3. The summed E-state index contributed by atoms with van der Waals surface area (Å²) in [7, 11) is 3.25. The van der Waals surface area contributed by atoms with Gasteiger partial charge in [-0.3, -0.25) is 14.2 Å². The third kappa shape index (κ3) is 4.73. The normalized spacial score (nSPS) is 11.3. The van der Waals surface area contributed by atoms with Crippen molar-refractivity contribution in [2.24, 2.45) is 0 Å². The molecular formula is C24H27N5O4S. The average Bonchev–Trinajstić information content (AvgIpc) is 3.44. The fraction of sp³-hybridized carbons (Fsp3) is 0.333. The molecule has 0 atom stereocenters. The number of carbonyl (C=O) groups excluding carboxylic acids is 1. The number of ether oxygens (including phenoxy) is 1. The minimum atomic E-state index is -0.563. The van der Waals surface area contributed by atoms with Crippen molar-refractivity contribution in [2.45, 2.75) is 33.1 Å². The molecule has 178 valence electrons. The number of likely N-dealkylation sites (N-methyl/N-ethyl adjacent to an activating group) is 1. The molecule has 0 radical (unpaired) electrons. The van der Waals surface area contributed by atoms with Crippen LogP contribution in [0.2, 0.25) is 0 Å². The smallest absolute Gasteiger partial charge is 0.333 e. The van der Waals surface area contributed by atoms with E-state index >= 15 is 0 Å². The van der Waals surface area contributed by atoms with Gasteiger partial charge >= 0.3 is 5.69 Å². The van der Waals surface area contributed by atoms with Crippen LogP contribution in [0.25, 0.3) is 11.2 Å². The number of hydrogen-bond acceptors (Lipinski definition) is 6. The maximum absolute atomic E-state index is 13.4. The Balaban J connectivity index is 1.75. The largest absolute Gasteiger partial charge is 0.383 e. The number of methoxy groups -OCH3 is 1. The minimum Gasteiger partial charge on any atom is -0.383 e. The Morgan fingerprint density at radius 1 is 1.15 bits per heavy atom. The summed E-state index contributed by atoms with van der Waals surface area (Å²) in [6.45, 7) is 3.08. The maximum atomic E-state index is 13.4. The summed E-state index contributed by atoms with van der Waals surface area (Å²) in [6, 6.07) is 11.5. The molecule has 1 amide bonds. The number of benzene rings is 1. The fourth-order valence-corrected chi connectivity index (χ4v) is 4.73. The number of amides is 1. The molecule has 0 saturated carbocycles. The summed E-state index contributed by atoms with van der Waals surface area (Å²) in [4.78, 5) is 46.9. The molecule has 4 rings (SSSR count). The second-order valence-corrected chi connectivity index (χ2v) is 9.13. The highest BCUT2D eigenvalue weighted by Gasteiger charge is 2.21. The van der Waals surface area contributed by atoms with Crippen LogP contribution in [0.3, 0.4) is 0 Å². The summed E-state index contributed by atoms with van der Waals surface area (Å²) in [6.07, 6.45) is 1.53. The first-order chi connectivity index (χ1) is 16.4. The number of nitrogens with zero attached hydrogens (tertiary/aromatic N) is 5. The van der Waals surface area contributed by atoms with Gasteiger partial charge in [-0.05, 0) is 29.5 Å². The molecule has 0 bridgehead atoms. The van der Waals surface area contributed by atoms with Gasteiger partial charge in [0, 0.05) is 25.6 Å². The van der Waals surface area contributed by atoms with Gasteiger partial charge in [-0.25, -0.2) is 14.3 Å². The molecule has 0 aliphatic rings. The van der Waals surface area contributed by atoms with E-state index in [1.165, 1.54) is 10.9 Å². The Kier molecular flexibility index (Phi) is 7.09. The van der Waals surface area contributed by atoms with E-state index in [2.05, 4.69) is 4.98 Å². The van der Waals surface area contributed by atoms with Gasteiger partial charge in [-0.15, -0.1) is 11.3 Å². The van der Waals surface area contributed by atoms with Gasteiger partial charge in [-0.2, -0.15) is 0 Å². The molecule has 1 aromatic carbocycles. The first kappa shape index (κ1) is 23.7. The predicted octanol–water partition coefficient (Wildman–Crippen LogP) is 2.08. The predicted molar refractivity (Wildman–Crippen MR) is 131 cm³/mol. The molecule has 10 heteroatoms. The number of thiophene rings is 1. The van der Waals surface area contributed by atoms with Crippen LogP contribution >= 0.6 is 11.3 Å². The van der Waals surface area contributed by atoms with Gasteiger partial charge in [0.25, 0.3) is 5.56 Å². The van der Waals surface area contributed by atoms with E-state index in [0.717, 1.165) is 20.6 Å². The van der Waals surface area contributed by atoms with E-state index in [1.54, 1.807) is 35.0 Å². The fourth-order valence-electron chi connectivity index (χ4n) is 3.77. The highest BCUT2D eigenvalue weighted by atomic mass is 32.1. The molecule has 0 aliphatic carbocycles. The number of imidazole rings is 1. The van der Waals surface area contributed by atoms with Crippen molar-refractivity contribution in [3.05, 3.63) is 84.9 Å². The summed E-state index contributed by atoms with van der Waals surface area (Å²) < 4.78 is 9.28. The summed E-state index contributed by atoms with van der Waals surface area (Å²) in [5.41, 5.74) is 1.47. The quantitative estimate of drug-likeness (QED) is 0.365. The first-order valence-electron chi connectivity index (χ1n) is 10.9. The molecule has 3 heterocycles.